The molecule has 0 amide bonds. The van der Waals surface area contributed by atoms with E-state index in [1.165, 1.54) is 12.1 Å². The average Bonchev–Trinajstić information content (AvgIpc) is 2.27. The molecule has 0 radical (unpaired) electrons. The first kappa shape index (κ1) is 12.8. The topological polar surface area (TPSA) is 29.5 Å². The Balaban J connectivity index is 2.43. The van der Waals surface area contributed by atoms with Crippen LogP contribution >= 0.6 is 11.6 Å². The molecule has 0 aliphatic carbocycles. The van der Waals surface area contributed by atoms with Crippen LogP contribution in [0.4, 0.5) is 4.39 Å². The summed E-state index contributed by atoms with van der Waals surface area (Å²) in [4.78, 5) is 0. The molecule has 0 aromatic heterocycles. The molecular formula is C13H16ClFO2. The number of ether oxygens (including phenoxy) is 1. The van der Waals surface area contributed by atoms with Gasteiger partial charge in [0.05, 0.1) is 13.2 Å². The average molecular weight is 259 g/mol. The summed E-state index contributed by atoms with van der Waals surface area (Å²) < 4.78 is 19.2. The summed E-state index contributed by atoms with van der Waals surface area (Å²) >= 11 is 5.93. The Kier molecular flexibility index (Phi) is 3.71. The molecule has 0 spiro atoms. The maximum Gasteiger partial charge on any atom is 0.127 e. The van der Waals surface area contributed by atoms with Gasteiger partial charge in [0, 0.05) is 22.6 Å². The molecule has 2 rings (SSSR count). The highest BCUT2D eigenvalue weighted by Crippen LogP contribution is 2.42. The summed E-state index contributed by atoms with van der Waals surface area (Å²) in [5.41, 5.74) is 0.149. The van der Waals surface area contributed by atoms with Crippen LogP contribution in [0.1, 0.15) is 18.9 Å². The summed E-state index contributed by atoms with van der Waals surface area (Å²) in [6, 6.07) is 4.56. The number of aliphatic hydroxyl groups excluding tert-OH is 1. The van der Waals surface area contributed by atoms with E-state index in [0.29, 0.717) is 23.8 Å². The van der Waals surface area contributed by atoms with Crippen LogP contribution in [0.15, 0.2) is 18.2 Å². The first-order valence-corrected chi connectivity index (χ1v) is 6.16. The lowest BCUT2D eigenvalue weighted by Gasteiger charge is -2.47. The largest absolute Gasteiger partial charge is 0.396 e. The van der Waals surface area contributed by atoms with Crippen LogP contribution in [-0.4, -0.2) is 24.9 Å². The fourth-order valence-electron chi connectivity index (χ4n) is 2.51. The molecule has 17 heavy (non-hydrogen) atoms. The lowest BCUT2D eigenvalue weighted by molar-refractivity contribution is -0.103. The van der Waals surface area contributed by atoms with Gasteiger partial charge in [-0.25, -0.2) is 4.39 Å². The second-order valence-corrected chi connectivity index (χ2v) is 5.00. The molecule has 1 saturated heterocycles. The summed E-state index contributed by atoms with van der Waals surface area (Å²) in [6.07, 6.45) is 0.784. The molecule has 1 fully saturated rings. The van der Waals surface area contributed by atoms with Gasteiger partial charge in [-0.05, 0) is 24.1 Å². The Hall–Kier alpha value is -0.640. The minimum atomic E-state index is -0.418. The van der Waals surface area contributed by atoms with Crippen molar-refractivity contribution < 1.29 is 14.2 Å². The zero-order valence-electron chi connectivity index (χ0n) is 9.75. The van der Waals surface area contributed by atoms with Crippen molar-refractivity contribution in [3.05, 3.63) is 34.6 Å². The highest BCUT2D eigenvalue weighted by Gasteiger charge is 2.47. The summed E-state index contributed by atoms with van der Waals surface area (Å²) in [7, 11) is 0. The van der Waals surface area contributed by atoms with Crippen LogP contribution in [0, 0.1) is 11.7 Å². The Labute approximate surface area is 105 Å². The molecular weight excluding hydrogens is 243 g/mol. The van der Waals surface area contributed by atoms with E-state index < -0.39 is 5.41 Å². The van der Waals surface area contributed by atoms with Crippen molar-refractivity contribution in [3.8, 4) is 0 Å². The van der Waals surface area contributed by atoms with Crippen molar-refractivity contribution in [2.24, 2.45) is 5.92 Å². The standard InChI is InChI=1S/C13H16ClFO2/c1-2-9(6-16)13(7-17-8-13)11-5-10(14)3-4-12(11)15/h3-5,9,16H,2,6-8H2,1H3. The quantitative estimate of drug-likeness (QED) is 0.900. The predicted molar refractivity (Wildman–Crippen MR) is 64.8 cm³/mol. The normalized spacial score (nSPS) is 19.8. The van der Waals surface area contributed by atoms with Gasteiger partial charge in [-0.1, -0.05) is 24.9 Å². The van der Waals surface area contributed by atoms with E-state index in [0.717, 1.165) is 6.42 Å². The van der Waals surface area contributed by atoms with Crippen LogP contribution in [0.2, 0.25) is 5.02 Å². The third kappa shape index (κ3) is 2.07. The number of hydrogen-bond donors (Lipinski definition) is 1. The minimum Gasteiger partial charge on any atom is -0.396 e. The third-order valence-electron chi connectivity index (χ3n) is 3.68. The molecule has 1 atom stereocenters. The molecule has 1 heterocycles. The molecule has 0 saturated carbocycles. The van der Waals surface area contributed by atoms with Crippen LogP contribution in [0.5, 0.6) is 0 Å². The number of rotatable bonds is 4. The number of aliphatic hydroxyl groups is 1. The Morgan fingerprint density at radius 2 is 2.24 bits per heavy atom. The van der Waals surface area contributed by atoms with E-state index in [-0.39, 0.29) is 18.3 Å². The zero-order valence-corrected chi connectivity index (χ0v) is 10.5. The molecule has 1 aromatic carbocycles. The van der Waals surface area contributed by atoms with Gasteiger partial charge in [-0.3, -0.25) is 0 Å². The molecule has 4 heteroatoms. The van der Waals surface area contributed by atoms with Gasteiger partial charge in [0.25, 0.3) is 0 Å². The van der Waals surface area contributed by atoms with E-state index in [1.54, 1.807) is 6.07 Å². The van der Waals surface area contributed by atoms with Crippen LogP contribution in [0.3, 0.4) is 0 Å². The van der Waals surface area contributed by atoms with Crippen molar-refractivity contribution in [2.75, 3.05) is 19.8 Å². The van der Waals surface area contributed by atoms with Crippen molar-refractivity contribution in [2.45, 2.75) is 18.8 Å². The van der Waals surface area contributed by atoms with Crippen molar-refractivity contribution in [3.63, 3.8) is 0 Å². The van der Waals surface area contributed by atoms with E-state index in [9.17, 15) is 9.50 Å². The Bertz CT molecular complexity index is 400. The molecule has 1 aliphatic rings. The molecule has 1 unspecified atom stereocenters. The lowest BCUT2D eigenvalue weighted by atomic mass is 9.67. The van der Waals surface area contributed by atoms with Gasteiger partial charge in [0.2, 0.25) is 0 Å². The van der Waals surface area contributed by atoms with Gasteiger partial charge in [0.15, 0.2) is 0 Å². The summed E-state index contributed by atoms with van der Waals surface area (Å²) in [5.74, 6) is -0.270. The Morgan fingerprint density at radius 3 is 2.71 bits per heavy atom. The van der Waals surface area contributed by atoms with E-state index >= 15 is 0 Å². The van der Waals surface area contributed by atoms with E-state index in [4.69, 9.17) is 16.3 Å². The lowest BCUT2D eigenvalue weighted by Crippen LogP contribution is -2.53. The number of benzene rings is 1. The summed E-state index contributed by atoms with van der Waals surface area (Å²) in [6.45, 7) is 2.92. The van der Waals surface area contributed by atoms with Crippen LogP contribution < -0.4 is 0 Å². The SMILES string of the molecule is CCC(CO)C1(c2cc(Cl)ccc2F)COC1. The fourth-order valence-corrected chi connectivity index (χ4v) is 2.68. The fraction of sp³-hybridized carbons (Fsp3) is 0.538. The number of hydrogen-bond acceptors (Lipinski definition) is 2. The van der Waals surface area contributed by atoms with Crippen LogP contribution in [-0.2, 0) is 10.2 Å². The molecule has 1 N–H and O–H groups in total. The van der Waals surface area contributed by atoms with E-state index in [2.05, 4.69) is 0 Å². The van der Waals surface area contributed by atoms with Gasteiger partial charge in [-0.2, -0.15) is 0 Å². The first-order chi connectivity index (χ1) is 8.14. The van der Waals surface area contributed by atoms with Crippen molar-refractivity contribution in [1.29, 1.82) is 0 Å². The molecule has 1 aliphatic heterocycles. The first-order valence-electron chi connectivity index (χ1n) is 5.78. The minimum absolute atomic E-state index is 0.00390. The second kappa shape index (κ2) is 4.92. The molecule has 2 nitrogen and oxygen atoms in total. The predicted octanol–water partition coefficient (Wildman–Crippen LogP) is 2.77. The second-order valence-electron chi connectivity index (χ2n) is 4.56. The van der Waals surface area contributed by atoms with Gasteiger partial charge in [-0.15, -0.1) is 0 Å². The molecule has 94 valence electrons. The molecule has 0 bridgehead atoms. The maximum atomic E-state index is 13.9. The van der Waals surface area contributed by atoms with Crippen LogP contribution in [0.25, 0.3) is 0 Å². The van der Waals surface area contributed by atoms with Gasteiger partial charge in [0.1, 0.15) is 5.82 Å². The van der Waals surface area contributed by atoms with Crippen molar-refractivity contribution >= 4 is 11.6 Å². The highest BCUT2D eigenvalue weighted by atomic mass is 35.5. The van der Waals surface area contributed by atoms with Gasteiger partial charge >= 0.3 is 0 Å². The Morgan fingerprint density at radius 1 is 1.53 bits per heavy atom. The maximum absolute atomic E-state index is 13.9. The number of halogens is 2. The summed E-state index contributed by atoms with van der Waals surface area (Å²) in [5, 5.41) is 9.95. The highest BCUT2D eigenvalue weighted by molar-refractivity contribution is 6.30. The van der Waals surface area contributed by atoms with Crippen molar-refractivity contribution in [1.82, 2.24) is 0 Å². The zero-order chi connectivity index (χ0) is 12.5. The third-order valence-corrected chi connectivity index (χ3v) is 3.91. The van der Waals surface area contributed by atoms with E-state index in [1.807, 2.05) is 6.92 Å². The smallest absolute Gasteiger partial charge is 0.127 e. The molecule has 1 aromatic rings. The monoisotopic (exact) mass is 258 g/mol. The van der Waals surface area contributed by atoms with Gasteiger partial charge < -0.3 is 9.84 Å².